The first kappa shape index (κ1) is 22.5. The molecule has 9 heteroatoms. The maximum atomic E-state index is 13.7. The minimum absolute atomic E-state index is 0.161. The number of imide groups is 1. The second kappa shape index (κ2) is 8.81. The Morgan fingerprint density at radius 2 is 1.85 bits per heavy atom. The lowest BCUT2D eigenvalue weighted by molar-refractivity contribution is -0.139. The summed E-state index contributed by atoms with van der Waals surface area (Å²) in [5.41, 5.74) is 2.92. The molecule has 0 spiro atoms. The molecular formula is C25H31N5O4. The second-order valence-electron chi connectivity index (χ2n) is 9.00. The lowest BCUT2D eigenvalue weighted by Crippen LogP contribution is -2.66. The topological polar surface area (TPSA) is 77.6 Å². The first-order valence-corrected chi connectivity index (χ1v) is 11.6. The number of amides is 3. The number of rotatable bonds is 5. The van der Waals surface area contributed by atoms with E-state index in [1.165, 1.54) is 4.90 Å². The van der Waals surface area contributed by atoms with Crippen LogP contribution >= 0.6 is 0 Å². The predicted octanol–water partition coefficient (Wildman–Crippen LogP) is 2.20. The van der Waals surface area contributed by atoms with Crippen LogP contribution in [0.1, 0.15) is 17.5 Å². The summed E-state index contributed by atoms with van der Waals surface area (Å²) < 4.78 is 11.1. The van der Waals surface area contributed by atoms with Gasteiger partial charge in [-0.2, -0.15) is 0 Å². The monoisotopic (exact) mass is 465 g/mol. The summed E-state index contributed by atoms with van der Waals surface area (Å²) >= 11 is 0. The maximum Gasteiger partial charge on any atom is 0.328 e. The van der Waals surface area contributed by atoms with Gasteiger partial charge in [-0.15, -0.1) is 0 Å². The molecule has 0 aromatic heterocycles. The number of fused-ring (bicyclic) bond motifs is 3. The molecule has 1 N–H and O–H groups in total. The van der Waals surface area contributed by atoms with E-state index < -0.39 is 12.2 Å². The molecule has 3 aliphatic rings. The summed E-state index contributed by atoms with van der Waals surface area (Å²) in [6.07, 6.45) is 0.225. The Morgan fingerprint density at radius 1 is 1.06 bits per heavy atom. The average Bonchev–Trinajstić information content (AvgIpc) is 3.26. The maximum absolute atomic E-state index is 13.7. The molecule has 5 rings (SSSR count). The van der Waals surface area contributed by atoms with Crippen LogP contribution in [-0.2, 0) is 11.3 Å². The number of likely N-dealkylation sites (N-methyl/N-ethyl adjacent to an activating group) is 1. The Bertz CT molecular complexity index is 1110. The minimum atomic E-state index is -0.462. The smallest absolute Gasteiger partial charge is 0.328 e. The van der Waals surface area contributed by atoms with Crippen molar-refractivity contribution in [2.24, 2.45) is 0 Å². The summed E-state index contributed by atoms with van der Waals surface area (Å²) in [7, 11) is 5.05. The Hall–Kier alpha value is -3.30. The number of ether oxygens (including phenoxy) is 2. The van der Waals surface area contributed by atoms with Gasteiger partial charge in [0.15, 0.2) is 0 Å². The molecule has 0 aliphatic carbocycles. The van der Waals surface area contributed by atoms with Crippen molar-refractivity contribution in [3.8, 4) is 11.5 Å². The van der Waals surface area contributed by atoms with Crippen LogP contribution in [0.2, 0.25) is 0 Å². The number of hydrogen-bond donors (Lipinski definition) is 1. The van der Waals surface area contributed by atoms with Crippen molar-refractivity contribution >= 4 is 17.6 Å². The van der Waals surface area contributed by atoms with E-state index in [-0.39, 0.29) is 24.8 Å². The zero-order valence-corrected chi connectivity index (χ0v) is 20.0. The Labute approximate surface area is 199 Å². The zero-order chi connectivity index (χ0) is 24.0. The fourth-order valence-electron chi connectivity index (χ4n) is 5.29. The van der Waals surface area contributed by atoms with Crippen molar-refractivity contribution in [3.05, 3.63) is 53.6 Å². The standard InChI is InChI=1S/C25H31N5O4/c1-16-8-5-6-9-17(16)15-30-23(31)21-22(27(2)25(30)32)26-24-28(12-7-13-29(21)24)19-14-18(33-3)10-11-20(19)34-4/h5-6,8-11,14,21-22,24,26H,7,12-13,15H2,1-4H3. The molecular weight excluding hydrogens is 434 g/mol. The molecule has 3 atom stereocenters. The molecule has 0 radical (unpaired) electrons. The van der Waals surface area contributed by atoms with E-state index in [1.807, 2.05) is 49.4 Å². The quantitative estimate of drug-likeness (QED) is 0.725. The number of aryl methyl sites for hydroxylation is 1. The van der Waals surface area contributed by atoms with E-state index in [0.717, 1.165) is 47.8 Å². The molecule has 180 valence electrons. The van der Waals surface area contributed by atoms with Gasteiger partial charge < -0.3 is 19.3 Å². The van der Waals surface area contributed by atoms with E-state index >= 15 is 0 Å². The number of carbonyl (C=O) groups excluding carboxylic acids is 2. The molecule has 34 heavy (non-hydrogen) atoms. The summed E-state index contributed by atoms with van der Waals surface area (Å²) in [5.74, 6) is 1.30. The van der Waals surface area contributed by atoms with E-state index in [0.29, 0.717) is 0 Å². The molecule has 3 unspecified atom stereocenters. The number of hydrogen-bond acceptors (Lipinski definition) is 7. The number of nitrogens with one attached hydrogen (secondary N) is 1. The molecule has 2 aromatic carbocycles. The molecule has 9 nitrogen and oxygen atoms in total. The van der Waals surface area contributed by atoms with Gasteiger partial charge in [-0.1, -0.05) is 24.3 Å². The molecule has 3 fully saturated rings. The van der Waals surface area contributed by atoms with Gasteiger partial charge in [0.05, 0.1) is 26.5 Å². The van der Waals surface area contributed by atoms with Crippen LogP contribution in [0.5, 0.6) is 11.5 Å². The average molecular weight is 466 g/mol. The highest BCUT2D eigenvalue weighted by atomic mass is 16.5. The molecule has 3 amide bonds. The Kier molecular flexibility index (Phi) is 5.83. The molecule has 0 saturated carbocycles. The molecule has 3 heterocycles. The summed E-state index contributed by atoms with van der Waals surface area (Å²) in [5, 5.41) is 3.55. The lowest BCUT2D eigenvalue weighted by Gasteiger charge is -2.44. The van der Waals surface area contributed by atoms with Gasteiger partial charge in [0.25, 0.3) is 5.91 Å². The fourth-order valence-corrected chi connectivity index (χ4v) is 5.29. The normalized spacial score (nSPS) is 24.8. The summed E-state index contributed by atoms with van der Waals surface area (Å²) in [6, 6.07) is 12.8. The minimum Gasteiger partial charge on any atom is -0.497 e. The third-order valence-corrected chi connectivity index (χ3v) is 7.15. The highest BCUT2D eigenvalue weighted by molar-refractivity contribution is 6.00. The Balaban J connectivity index is 1.47. The van der Waals surface area contributed by atoms with Crippen LogP contribution in [0.3, 0.4) is 0 Å². The van der Waals surface area contributed by atoms with Crippen LogP contribution in [-0.4, -0.2) is 79.5 Å². The van der Waals surface area contributed by atoms with Crippen LogP contribution in [0.25, 0.3) is 0 Å². The van der Waals surface area contributed by atoms with Gasteiger partial charge in [-0.25, -0.2) is 4.79 Å². The predicted molar refractivity (Wildman–Crippen MR) is 128 cm³/mol. The summed E-state index contributed by atoms with van der Waals surface area (Å²) in [4.78, 5) is 34.4. The van der Waals surface area contributed by atoms with Crippen molar-refractivity contribution in [1.29, 1.82) is 0 Å². The lowest BCUT2D eigenvalue weighted by atomic mass is 10.1. The highest BCUT2D eigenvalue weighted by Gasteiger charge is 2.56. The highest BCUT2D eigenvalue weighted by Crippen LogP contribution is 2.38. The molecule has 0 bridgehead atoms. The van der Waals surface area contributed by atoms with Gasteiger partial charge >= 0.3 is 6.03 Å². The molecule has 3 aliphatic heterocycles. The third-order valence-electron chi connectivity index (χ3n) is 7.15. The van der Waals surface area contributed by atoms with Gasteiger partial charge in [0.1, 0.15) is 30.0 Å². The van der Waals surface area contributed by atoms with Crippen LogP contribution in [0.4, 0.5) is 10.5 Å². The van der Waals surface area contributed by atoms with E-state index in [1.54, 1.807) is 26.2 Å². The zero-order valence-electron chi connectivity index (χ0n) is 20.0. The van der Waals surface area contributed by atoms with Crippen molar-refractivity contribution in [2.75, 3.05) is 39.3 Å². The van der Waals surface area contributed by atoms with Gasteiger partial charge in [-0.05, 0) is 36.6 Å². The van der Waals surface area contributed by atoms with Crippen molar-refractivity contribution in [1.82, 2.24) is 20.0 Å². The second-order valence-corrected chi connectivity index (χ2v) is 9.00. The first-order chi connectivity index (χ1) is 16.4. The van der Waals surface area contributed by atoms with Crippen LogP contribution in [0, 0.1) is 6.92 Å². The van der Waals surface area contributed by atoms with Gasteiger partial charge in [0, 0.05) is 26.2 Å². The van der Waals surface area contributed by atoms with Crippen LogP contribution < -0.4 is 19.7 Å². The van der Waals surface area contributed by atoms with Gasteiger partial charge in [0.2, 0.25) is 0 Å². The molecule has 2 aromatic rings. The number of methoxy groups -OCH3 is 2. The Morgan fingerprint density at radius 3 is 2.59 bits per heavy atom. The number of nitrogens with zero attached hydrogens (tertiary/aromatic N) is 4. The SMILES string of the molecule is COc1ccc(OC)c(N2CCCN3C4C(=O)N(Cc5ccccc5C)C(=O)N(C)C4NC23)c1. The van der Waals surface area contributed by atoms with Crippen molar-refractivity contribution < 1.29 is 19.1 Å². The van der Waals surface area contributed by atoms with Crippen molar-refractivity contribution in [2.45, 2.75) is 38.4 Å². The number of urea groups is 1. The van der Waals surface area contributed by atoms with Crippen LogP contribution in [0.15, 0.2) is 42.5 Å². The number of anilines is 1. The molecule has 3 saturated heterocycles. The number of benzene rings is 2. The van der Waals surface area contributed by atoms with E-state index in [9.17, 15) is 9.59 Å². The van der Waals surface area contributed by atoms with Crippen molar-refractivity contribution in [3.63, 3.8) is 0 Å². The fraction of sp³-hybridized carbons (Fsp3) is 0.440. The number of carbonyl (C=O) groups is 2. The third kappa shape index (κ3) is 3.56. The van der Waals surface area contributed by atoms with E-state index in [2.05, 4.69) is 15.1 Å². The first-order valence-electron chi connectivity index (χ1n) is 11.6. The summed E-state index contributed by atoms with van der Waals surface area (Å²) in [6.45, 7) is 3.81. The van der Waals surface area contributed by atoms with Gasteiger partial charge in [-0.3, -0.25) is 19.9 Å². The van der Waals surface area contributed by atoms with E-state index in [4.69, 9.17) is 9.47 Å². The largest absolute Gasteiger partial charge is 0.497 e.